The number of aryl methyl sites for hydroxylation is 2. The number of hydrogen-bond donors (Lipinski definition) is 1. The molecule has 0 saturated heterocycles. The second kappa shape index (κ2) is 6.84. The number of anilines is 1. The Morgan fingerprint density at radius 1 is 0.964 bits per heavy atom. The highest BCUT2D eigenvalue weighted by molar-refractivity contribution is 6.02. The van der Waals surface area contributed by atoms with Crippen molar-refractivity contribution in [1.29, 1.82) is 0 Å². The van der Waals surface area contributed by atoms with Crippen molar-refractivity contribution in [2.24, 2.45) is 0 Å². The van der Waals surface area contributed by atoms with Gasteiger partial charge in [0.2, 0.25) is 0 Å². The normalized spacial score (nSPS) is 13.3. The smallest absolute Gasteiger partial charge is 0.274 e. The number of hydrogen-bond acceptors (Lipinski definition) is 5. The summed E-state index contributed by atoms with van der Waals surface area (Å²) in [7, 11) is 0. The molecule has 1 aromatic carbocycles. The van der Waals surface area contributed by atoms with Crippen LogP contribution in [-0.4, -0.2) is 30.5 Å². The Hall–Kier alpha value is -3.61. The summed E-state index contributed by atoms with van der Waals surface area (Å²) in [6.45, 7) is 0. The molecule has 1 aliphatic carbocycles. The molecule has 1 N–H and O–H groups in total. The number of imidazole rings is 1. The number of aromatic nitrogens is 5. The average molecular weight is 370 g/mol. The maximum Gasteiger partial charge on any atom is 0.274 e. The van der Waals surface area contributed by atoms with E-state index in [-0.39, 0.29) is 5.91 Å². The molecule has 1 aliphatic rings. The molecule has 28 heavy (non-hydrogen) atoms. The Morgan fingerprint density at radius 2 is 1.79 bits per heavy atom. The van der Waals surface area contributed by atoms with Crippen LogP contribution in [0.5, 0.6) is 0 Å². The fourth-order valence-corrected chi connectivity index (χ4v) is 3.42. The van der Waals surface area contributed by atoms with Crippen LogP contribution in [-0.2, 0) is 12.8 Å². The molecule has 0 atom stereocenters. The topological polar surface area (TPSA) is 85.1 Å². The lowest BCUT2D eigenvalue weighted by Crippen LogP contribution is -2.13. The lowest BCUT2D eigenvalue weighted by atomic mass is 10.0. The first-order chi connectivity index (χ1) is 13.8. The fraction of sp³-hybridized carbons (Fsp3) is 0.190. The quantitative estimate of drug-likeness (QED) is 0.598. The van der Waals surface area contributed by atoms with Crippen molar-refractivity contribution >= 4 is 17.4 Å². The highest BCUT2D eigenvalue weighted by Gasteiger charge is 2.15. The molecule has 3 heterocycles. The van der Waals surface area contributed by atoms with Gasteiger partial charge < -0.3 is 5.32 Å². The van der Waals surface area contributed by atoms with E-state index < -0.39 is 0 Å². The van der Waals surface area contributed by atoms with Crippen LogP contribution in [0.3, 0.4) is 0 Å². The van der Waals surface area contributed by atoms with Gasteiger partial charge in [0.25, 0.3) is 11.7 Å². The van der Waals surface area contributed by atoms with Gasteiger partial charge in [-0.1, -0.05) is 18.2 Å². The van der Waals surface area contributed by atoms with Crippen LogP contribution < -0.4 is 5.32 Å². The minimum atomic E-state index is -0.236. The van der Waals surface area contributed by atoms with E-state index in [2.05, 4.69) is 25.4 Å². The average Bonchev–Trinajstić information content (AvgIpc) is 3.16. The Labute approximate surface area is 161 Å². The SMILES string of the molecule is O=C(Nc1ccc(-c2cn3nc4c(nc3n2)CCCC4)cc1)c1ccccn1. The zero-order valence-corrected chi connectivity index (χ0v) is 15.2. The molecule has 0 bridgehead atoms. The highest BCUT2D eigenvalue weighted by Crippen LogP contribution is 2.23. The predicted molar refractivity (Wildman–Crippen MR) is 105 cm³/mol. The molecule has 7 heteroatoms. The van der Waals surface area contributed by atoms with Gasteiger partial charge in [0.1, 0.15) is 5.69 Å². The first-order valence-electron chi connectivity index (χ1n) is 9.34. The molecule has 4 aromatic rings. The Kier molecular flexibility index (Phi) is 4.05. The predicted octanol–water partition coefficient (Wildman–Crippen LogP) is 3.32. The molecule has 138 valence electrons. The van der Waals surface area contributed by atoms with Crippen molar-refractivity contribution in [1.82, 2.24) is 24.6 Å². The molecule has 0 spiro atoms. The highest BCUT2D eigenvalue weighted by atomic mass is 16.1. The molecule has 0 fully saturated rings. The van der Waals surface area contributed by atoms with Crippen LogP contribution in [0.4, 0.5) is 5.69 Å². The summed E-state index contributed by atoms with van der Waals surface area (Å²) in [5.41, 5.74) is 4.99. The Bertz CT molecular complexity index is 1110. The maximum atomic E-state index is 12.2. The fourth-order valence-electron chi connectivity index (χ4n) is 3.42. The van der Waals surface area contributed by atoms with Gasteiger partial charge in [-0.05, 0) is 49.9 Å². The van der Waals surface area contributed by atoms with Gasteiger partial charge in [-0.2, -0.15) is 5.10 Å². The van der Waals surface area contributed by atoms with Gasteiger partial charge in [0, 0.05) is 17.4 Å². The number of carbonyl (C=O) groups excluding carboxylic acids is 1. The van der Waals surface area contributed by atoms with Gasteiger partial charge in [-0.25, -0.2) is 14.5 Å². The minimum Gasteiger partial charge on any atom is -0.321 e. The van der Waals surface area contributed by atoms with Crippen molar-refractivity contribution in [3.05, 3.63) is 71.9 Å². The third-order valence-corrected chi connectivity index (χ3v) is 4.88. The Balaban J connectivity index is 1.39. The van der Waals surface area contributed by atoms with E-state index in [1.807, 2.05) is 30.5 Å². The summed E-state index contributed by atoms with van der Waals surface area (Å²) in [6, 6.07) is 12.8. The number of nitrogens with zero attached hydrogens (tertiary/aromatic N) is 5. The molecule has 7 nitrogen and oxygen atoms in total. The molecule has 5 rings (SSSR count). The standard InChI is InChI=1S/C21H18N6O/c28-20(18-7-3-4-12-22-18)23-15-10-8-14(9-11-15)19-13-27-21(25-19)24-16-5-1-2-6-17(16)26-27/h3-4,7-13H,1-2,5-6H2,(H,23,28). The van der Waals surface area contributed by atoms with Crippen LogP contribution in [0.2, 0.25) is 0 Å². The van der Waals surface area contributed by atoms with E-state index in [0.717, 1.165) is 41.9 Å². The van der Waals surface area contributed by atoms with Crippen LogP contribution in [0.1, 0.15) is 34.7 Å². The second-order valence-corrected chi connectivity index (χ2v) is 6.83. The molecular weight excluding hydrogens is 352 g/mol. The number of rotatable bonds is 3. The number of fused-ring (bicyclic) bond motifs is 2. The van der Waals surface area contributed by atoms with Crippen molar-refractivity contribution in [3.63, 3.8) is 0 Å². The van der Waals surface area contributed by atoms with Crippen molar-refractivity contribution < 1.29 is 4.79 Å². The zero-order chi connectivity index (χ0) is 18.9. The molecule has 0 aliphatic heterocycles. The van der Waals surface area contributed by atoms with Gasteiger partial charge in [-0.15, -0.1) is 0 Å². The third-order valence-electron chi connectivity index (χ3n) is 4.88. The molecule has 1 amide bonds. The summed E-state index contributed by atoms with van der Waals surface area (Å²) in [5, 5.41) is 7.53. The van der Waals surface area contributed by atoms with E-state index in [1.54, 1.807) is 28.9 Å². The van der Waals surface area contributed by atoms with E-state index in [4.69, 9.17) is 0 Å². The molecule has 0 radical (unpaired) electrons. The van der Waals surface area contributed by atoms with E-state index >= 15 is 0 Å². The third kappa shape index (κ3) is 3.11. The van der Waals surface area contributed by atoms with Gasteiger partial charge in [-0.3, -0.25) is 9.78 Å². The van der Waals surface area contributed by atoms with Gasteiger partial charge >= 0.3 is 0 Å². The van der Waals surface area contributed by atoms with Gasteiger partial charge in [0.15, 0.2) is 0 Å². The number of carbonyl (C=O) groups is 1. The minimum absolute atomic E-state index is 0.236. The summed E-state index contributed by atoms with van der Waals surface area (Å²) in [4.78, 5) is 25.6. The second-order valence-electron chi connectivity index (χ2n) is 6.83. The summed E-state index contributed by atoms with van der Waals surface area (Å²) in [6.07, 6.45) is 7.79. The van der Waals surface area contributed by atoms with Crippen molar-refractivity contribution in [2.75, 3.05) is 5.32 Å². The van der Waals surface area contributed by atoms with E-state index in [0.29, 0.717) is 17.2 Å². The van der Waals surface area contributed by atoms with Gasteiger partial charge in [0.05, 0.1) is 23.3 Å². The van der Waals surface area contributed by atoms with Crippen molar-refractivity contribution in [3.8, 4) is 11.3 Å². The lowest BCUT2D eigenvalue weighted by molar-refractivity contribution is 0.102. The van der Waals surface area contributed by atoms with Crippen LogP contribution in [0.25, 0.3) is 17.0 Å². The molecule has 0 unspecified atom stereocenters. The van der Waals surface area contributed by atoms with Crippen LogP contribution in [0, 0.1) is 0 Å². The monoisotopic (exact) mass is 370 g/mol. The van der Waals surface area contributed by atoms with Crippen LogP contribution in [0.15, 0.2) is 54.9 Å². The molecule has 3 aromatic heterocycles. The first kappa shape index (κ1) is 16.6. The zero-order valence-electron chi connectivity index (χ0n) is 15.2. The summed E-state index contributed by atoms with van der Waals surface area (Å²) in [5.74, 6) is 0.392. The number of nitrogens with one attached hydrogen (secondary N) is 1. The van der Waals surface area contributed by atoms with E-state index in [1.165, 1.54) is 6.42 Å². The number of amides is 1. The van der Waals surface area contributed by atoms with E-state index in [9.17, 15) is 4.79 Å². The number of pyridine rings is 1. The lowest BCUT2D eigenvalue weighted by Gasteiger charge is -2.12. The van der Waals surface area contributed by atoms with Crippen LogP contribution >= 0.6 is 0 Å². The summed E-state index contributed by atoms with van der Waals surface area (Å²) >= 11 is 0. The maximum absolute atomic E-state index is 12.2. The molecular formula is C21H18N6O. The molecule has 0 saturated carbocycles. The largest absolute Gasteiger partial charge is 0.321 e. The summed E-state index contributed by atoms with van der Waals surface area (Å²) < 4.78 is 1.76. The Morgan fingerprint density at radius 3 is 2.57 bits per heavy atom. The number of benzene rings is 1. The first-order valence-corrected chi connectivity index (χ1v) is 9.34. The van der Waals surface area contributed by atoms with Crippen molar-refractivity contribution in [2.45, 2.75) is 25.7 Å².